The molecule has 0 aliphatic heterocycles. The van der Waals surface area contributed by atoms with Gasteiger partial charge in [0.05, 0.1) is 0 Å². The summed E-state index contributed by atoms with van der Waals surface area (Å²) < 4.78 is 4.91. The zero-order chi connectivity index (χ0) is 7.68. The Morgan fingerprint density at radius 2 is 1.64 bits per heavy atom. The predicted molar refractivity (Wildman–Crippen MR) is 54.6 cm³/mol. The molecule has 1 radical (unpaired) electrons. The summed E-state index contributed by atoms with van der Waals surface area (Å²) in [5, 5.41) is 0.951. The fourth-order valence-electron chi connectivity index (χ4n) is 1.01. The van der Waals surface area contributed by atoms with Gasteiger partial charge in [0.2, 0.25) is 0 Å². The standard InChI is InChI=1S/C9H6O2.Ba.Cu.H2O.2H/c10-9-6-5-7-3-1-2-4-8(7)11-9;;;;;/h1-6H;;;1H2;;. The van der Waals surface area contributed by atoms with E-state index in [0.717, 1.165) is 5.39 Å². The third-order valence-electron chi connectivity index (χ3n) is 1.53. The Balaban J connectivity index is 0. The van der Waals surface area contributed by atoms with Gasteiger partial charge >= 0.3 is 54.5 Å². The van der Waals surface area contributed by atoms with Crippen LogP contribution >= 0.6 is 0 Å². The minimum atomic E-state index is -0.302. The van der Waals surface area contributed by atoms with Gasteiger partial charge in [0.1, 0.15) is 5.58 Å². The molecule has 0 fully saturated rings. The van der Waals surface area contributed by atoms with Crippen molar-refractivity contribution in [2.45, 2.75) is 0 Å². The van der Waals surface area contributed by atoms with E-state index in [-0.39, 0.29) is 77.1 Å². The van der Waals surface area contributed by atoms with Gasteiger partial charge in [0, 0.05) is 28.5 Å². The molecule has 0 saturated heterocycles. The van der Waals surface area contributed by atoms with Crippen LogP contribution in [0.15, 0.2) is 45.6 Å². The van der Waals surface area contributed by atoms with Crippen LogP contribution < -0.4 is 5.63 Å². The van der Waals surface area contributed by atoms with Gasteiger partial charge in [-0.25, -0.2) is 4.79 Å². The van der Waals surface area contributed by atoms with Crippen LogP contribution in [0.1, 0.15) is 0 Å². The second-order valence-corrected chi connectivity index (χ2v) is 2.29. The fraction of sp³-hybridized carbons (Fsp3) is 0. The Kier molecular flexibility index (Phi) is 9.33. The Bertz CT molecular complexity index is 441. The monoisotopic (exact) mass is 367 g/mol. The van der Waals surface area contributed by atoms with E-state index in [4.69, 9.17) is 4.42 Å². The molecule has 0 aliphatic carbocycles. The van der Waals surface area contributed by atoms with E-state index >= 15 is 0 Å². The molecule has 1 aromatic carbocycles. The van der Waals surface area contributed by atoms with E-state index in [0.29, 0.717) is 5.58 Å². The summed E-state index contributed by atoms with van der Waals surface area (Å²) in [4.78, 5) is 10.7. The van der Waals surface area contributed by atoms with Gasteiger partial charge in [0.15, 0.2) is 0 Å². The quantitative estimate of drug-likeness (QED) is 0.488. The van der Waals surface area contributed by atoms with Crippen molar-refractivity contribution in [3.05, 3.63) is 46.8 Å². The van der Waals surface area contributed by atoms with Crippen LogP contribution in [0.4, 0.5) is 0 Å². The number of hydrogen-bond donors (Lipinski definition) is 0. The second kappa shape index (κ2) is 7.73. The predicted octanol–water partition coefficient (Wildman–Crippen LogP) is 0.0496. The first-order chi connectivity index (χ1) is 5.36. The smallest absolute Gasteiger partial charge is 0 e. The van der Waals surface area contributed by atoms with Crippen molar-refractivity contribution >= 4 is 59.9 Å². The normalized spacial score (nSPS) is 8.00. The molecule has 0 saturated carbocycles. The Morgan fingerprint density at radius 1 is 1.00 bits per heavy atom. The maximum absolute atomic E-state index is 10.7. The fourth-order valence-corrected chi connectivity index (χ4v) is 1.01. The molecule has 0 bridgehead atoms. The average Bonchev–Trinajstić information content (AvgIpc) is 2.04. The second-order valence-electron chi connectivity index (χ2n) is 2.29. The molecular formula is C9H10BaCuO3. The number of para-hydroxylation sites is 1. The molecule has 0 atom stereocenters. The minimum absolute atomic E-state index is 0. The number of fused-ring (bicyclic) bond motifs is 1. The summed E-state index contributed by atoms with van der Waals surface area (Å²) in [7, 11) is 0. The molecule has 1 aromatic heterocycles. The van der Waals surface area contributed by atoms with E-state index in [1.807, 2.05) is 18.2 Å². The molecular weight excluding hydrogens is 357 g/mol. The summed E-state index contributed by atoms with van der Waals surface area (Å²) >= 11 is 0. The number of hydrogen-bond acceptors (Lipinski definition) is 2. The maximum atomic E-state index is 10.7. The minimum Gasteiger partial charge on any atom is 0 e. The summed E-state index contributed by atoms with van der Waals surface area (Å²) in [5.74, 6) is 0. The SMILES string of the molecule is O.O=c1ccc2ccccc2o1.[BaH2].[Cu]. The first kappa shape index (κ1) is 16.9. The topological polar surface area (TPSA) is 61.7 Å². The molecule has 0 spiro atoms. The van der Waals surface area contributed by atoms with Crippen LogP contribution in [0.3, 0.4) is 0 Å². The first-order valence-electron chi connectivity index (χ1n) is 3.35. The maximum Gasteiger partial charge on any atom is 0 e. The van der Waals surface area contributed by atoms with Crippen LogP contribution in [0.5, 0.6) is 0 Å². The van der Waals surface area contributed by atoms with Crippen LogP contribution in [0.25, 0.3) is 11.0 Å². The molecule has 14 heavy (non-hydrogen) atoms. The first-order valence-corrected chi connectivity index (χ1v) is 3.35. The zero-order valence-corrected chi connectivity index (χ0v) is 7.52. The van der Waals surface area contributed by atoms with Crippen molar-refractivity contribution < 1.29 is 27.0 Å². The Labute approximate surface area is 132 Å². The van der Waals surface area contributed by atoms with Crippen LogP contribution in [0.2, 0.25) is 0 Å². The van der Waals surface area contributed by atoms with Crippen molar-refractivity contribution in [2.75, 3.05) is 0 Å². The molecule has 77 valence electrons. The molecule has 0 unspecified atom stereocenters. The summed E-state index contributed by atoms with van der Waals surface area (Å²) in [6, 6.07) is 10.6. The molecule has 5 heteroatoms. The van der Waals surface area contributed by atoms with Crippen molar-refractivity contribution in [1.29, 1.82) is 0 Å². The van der Waals surface area contributed by atoms with E-state index in [1.54, 1.807) is 12.1 Å². The van der Waals surface area contributed by atoms with Gasteiger partial charge in [-0.15, -0.1) is 0 Å². The van der Waals surface area contributed by atoms with E-state index in [1.165, 1.54) is 6.07 Å². The Hall–Kier alpha value is 0.481. The van der Waals surface area contributed by atoms with Crippen LogP contribution in [-0.2, 0) is 17.1 Å². The molecule has 2 aromatic rings. The molecule has 1 heterocycles. The summed E-state index contributed by atoms with van der Waals surface area (Å²) in [6.07, 6.45) is 0. The molecule has 0 aliphatic rings. The average molecular weight is 367 g/mol. The molecule has 3 nitrogen and oxygen atoms in total. The van der Waals surface area contributed by atoms with Gasteiger partial charge < -0.3 is 9.89 Å². The largest absolute Gasteiger partial charge is 0 e. The van der Waals surface area contributed by atoms with Crippen LogP contribution in [-0.4, -0.2) is 54.4 Å². The summed E-state index contributed by atoms with van der Waals surface area (Å²) in [5.41, 5.74) is 0.337. The number of rotatable bonds is 0. The number of benzene rings is 1. The molecule has 0 amide bonds. The summed E-state index contributed by atoms with van der Waals surface area (Å²) in [6.45, 7) is 0. The van der Waals surface area contributed by atoms with Crippen LogP contribution in [0, 0.1) is 0 Å². The third kappa shape index (κ3) is 3.92. The molecule has 2 rings (SSSR count). The van der Waals surface area contributed by atoms with Gasteiger partial charge in [-0.1, -0.05) is 18.2 Å². The van der Waals surface area contributed by atoms with Crippen molar-refractivity contribution in [2.24, 2.45) is 0 Å². The van der Waals surface area contributed by atoms with Crippen molar-refractivity contribution in [1.82, 2.24) is 0 Å². The zero-order valence-electron chi connectivity index (χ0n) is 6.58. The third-order valence-corrected chi connectivity index (χ3v) is 1.53. The van der Waals surface area contributed by atoms with Gasteiger partial charge in [-0.2, -0.15) is 0 Å². The van der Waals surface area contributed by atoms with Gasteiger partial charge in [0.25, 0.3) is 0 Å². The van der Waals surface area contributed by atoms with E-state index in [2.05, 4.69) is 0 Å². The van der Waals surface area contributed by atoms with Crippen molar-refractivity contribution in [3.8, 4) is 0 Å². The van der Waals surface area contributed by atoms with Gasteiger partial charge in [-0.05, 0) is 12.1 Å². The van der Waals surface area contributed by atoms with Crippen molar-refractivity contribution in [3.63, 3.8) is 0 Å². The molecule has 2 N–H and O–H groups in total. The van der Waals surface area contributed by atoms with E-state index < -0.39 is 0 Å². The van der Waals surface area contributed by atoms with Gasteiger partial charge in [-0.3, -0.25) is 0 Å². The van der Waals surface area contributed by atoms with E-state index in [9.17, 15) is 4.79 Å². The Morgan fingerprint density at radius 3 is 2.36 bits per heavy atom.